The third-order valence-corrected chi connectivity index (χ3v) is 4.65. The molecule has 8 heteroatoms. The molecule has 1 fully saturated rings. The first-order chi connectivity index (χ1) is 11.1. The lowest BCUT2D eigenvalue weighted by atomic mass is 10.1. The third kappa shape index (κ3) is 3.82. The SMILES string of the molecule is CC(C)c1nsc(N2CCC(NC(=O)c3ccncn3)CC2)n1. The highest BCUT2D eigenvalue weighted by Gasteiger charge is 2.23. The number of hydrogen-bond acceptors (Lipinski definition) is 7. The van der Waals surface area contributed by atoms with Crippen molar-refractivity contribution in [2.45, 2.75) is 38.6 Å². The van der Waals surface area contributed by atoms with E-state index < -0.39 is 0 Å². The van der Waals surface area contributed by atoms with Gasteiger partial charge in [-0.3, -0.25) is 4.79 Å². The maximum absolute atomic E-state index is 12.1. The zero-order valence-electron chi connectivity index (χ0n) is 13.3. The standard InChI is InChI=1S/C15H20N6OS/c1-10(2)13-19-15(23-20-13)21-7-4-11(5-8-21)18-14(22)12-3-6-16-9-17-12/h3,6,9-11H,4-5,7-8H2,1-2H3,(H,18,22). The van der Waals surface area contributed by atoms with Crippen LogP contribution in [0.15, 0.2) is 18.6 Å². The Bertz CT molecular complexity index is 651. The molecule has 0 saturated carbocycles. The second-order valence-corrected chi connectivity index (χ2v) is 6.65. The maximum atomic E-state index is 12.1. The van der Waals surface area contributed by atoms with Crippen molar-refractivity contribution in [3.63, 3.8) is 0 Å². The number of nitrogens with one attached hydrogen (secondary N) is 1. The fourth-order valence-corrected chi connectivity index (χ4v) is 3.35. The van der Waals surface area contributed by atoms with Crippen molar-refractivity contribution in [2.75, 3.05) is 18.0 Å². The molecule has 3 rings (SSSR count). The van der Waals surface area contributed by atoms with Gasteiger partial charge in [0.05, 0.1) is 0 Å². The number of amides is 1. The molecule has 2 aromatic heterocycles. The Kier molecular flexibility index (Phi) is 4.80. The summed E-state index contributed by atoms with van der Waals surface area (Å²) < 4.78 is 4.40. The van der Waals surface area contributed by atoms with Gasteiger partial charge in [0, 0.05) is 42.8 Å². The molecule has 122 valence electrons. The summed E-state index contributed by atoms with van der Waals surface area (Å²) in [4.78, 5) is 26.7. The molecule has 0 radical (unpaired) electrons. The van der Waals surface area contributed by atoms with Crippen LogP contribution in [0.1, 0.15) is 48.9 Å². The first-order valence-electron chi connectivity index (χ1n) is 7.79. The summed E-state index contributed by atoms with van der Waals surface area (Å²) in [6, 6.07) is 1.80. The molecule has 0 spiro atoms. The van der Waals surface area contributed by atoms with Gasteiger partial charge in [0.1, 0.15) is 17.8 Å². The molecule has 0 atom stereocenters. The fraction of sp³-hybridized carbons (Fsp3) is 0.533. The quantitative estimate of drug-likeness (QED) is 0.920. The van der Waals surface area contributed by atoms with Gasteiger partial charge in [-0.15, -0.1) is 0 Å². The lowest BCUT2D eigenvalue weighted by Gasteiger charge is -2.31. The van der Waals surface area contributed by atoms with Gasteiger partial charge in [-0.2, -0.15) is 4.37 Å². The van der Waals surface area contributed by atoms with E-state index in [1.54, 1.807) is 12.3 Å². The van der Waals surface area contributed by atoms with Crippen molar-refractivity contribution in [3.8, 4) is 0 Å². The van der Waals surface area contributed by atoms with E-state index >= 15 is 0 Å². The summed E-state index contributed by atoms with van der Waals surface area (Å²) in [5, 5.41) is 4.02. The second kappa shape index (κ2) is 6.99. The predicted octanol–water partition coefficient (Wildman–Crippen LogP) is 1.85. The van der Waals surface area contributed by atoms with Gasteiger partial charge in [0.15, 0.2) is 0 Å². The van der Waals surface area contributed by atoms with Crippen LogP contribution < -0.4 is 10.2 Å². The van der Waals surface area contributed by atoms with Gasteiger partial charge in [-0.05, 0) is 18.9 Å². The van der Waals surface area contributed by atoms with Crippen LogP contribution in [0.2, 0.25) is 0 Å². The Balaban J connectivity index is 1.53. The van der Waals surface area contributed by atoms with Gasteiger partial charge >= 0.3 is 0 Å². The summed E-state index contributed by atoms with van der Waals surface area (Å²) in [6.45, 7) is 5.95. The van der Waals surface area contributed by atoms with Crippen molar-refractivity contribution >= 4 is 22.6 Å². The van der Waals surface area contributed by atoms with Crippen molar-refractivity contribution in [3.05, 3.63) is 30.1 Å². The first-order valence-corrected chi connectivity index (χ1v) is 8.56. The largest absolute Gasteiger partial charge is 0.348 e. The van der Waals surface area contributed by atoms with Gasteiger partial charge in [-0.1, -0.05) is 13.8 Å². The average Bonchev–Trinajstić information content (AvgIpc) is 3.07. The number of rotatable bonds is 4. The lowest BCUT2D eigenvalue weighted by molar-refractivity contribution is 0.0926. The van der Waals surface area contributed by atoms with Gasteiger partial charge in [0.2, 0.25) is 5.13 Å². The van der Waals surface area contributed by atoms with E-state index in [4.69, 9.17) is 0 Å². The highest BCUT2D eigenvalue weighted by molar-refractivity contribution is 7.09. The summed E-state index contributed by atoms with van der Waals surface area (Å²) in [5.41, 5.74) is 0.410. The van der Waals surface area contributed by atoms with E-state index in [-0.39, 0.29) is 11.9 Å². The average molecular weight is 332 g/mol. The second-order valence-electron chi connectivity index (χ2n) is 5.92. The van der Waals surface area contributed by atoms with E-state index in [9.17, 15) is 4.79 Å². The van der Waals surface area contributed by atoms with Crippen molar-refractivity contribution in [1.29, 1.82) is 0 Å². The van der Waals surface area contributed by atoms with E-state index in [1.165, 1.54) is 17.9 Å². The van der Waals surface area contributed by atoms with E-state index in [0.717, 1.165) is 36.9 Å². The van der Waals surface area contributed by atoms with Crippen LogP contribution in [0.3, 0.4) is 0 Å². The van der Waals surface area contributed by atoms with Crippen LogP contribution in [0, 0.1) is 0 Å². The molecule has 1 aliphatic rings. The van der Waals surface area contributed by atoms with Crippen molar-refractivity contribution in [2.24, 2.45) is 0 Å². The molecule has 2 aromatic rings. The molecule has 23 heavy (non-hydrogen) atoms. The van der Waals surface area contributed by atoms with E-state index in [2.05, 4.69) is 43.4 Å². The normalized spacial score (nSPS) is 15.9. The predicted molar refractivity (Wildman–Crippen MR) is 88.7 cm³/mol. The molecule has 0 aliphatic carbocycles. The topological polar surface area (TPSA) is 83.9 Å². The highest BCUT2D eigenvalue weighted by Crippen LogP contribution is 2.24. The number of anilines is 1. The van der Waals surface area contributed by atoms with Crippen LogP contribution in [0.5, 0.6) is 0 Å². The van der Waals surface area contributed by atoms with Crippen molar-refractivity contribution < 1.29 is 4.79 Å². The number of hydrogen-bond donors (Lipinski definition) is 1. The Hall–Kier alpha value is -2.09. The molecule has 1 aliphatic heterocycles. The molecular weight excluding hydrogens is 312 g/mol. The van der Waals surface area contributed by atoms with Crippen LogP contribution in [-0.4, -0.2) is 44.4 Å². The number of nitrogens with zero attached hydrogens (tertiary/aromatic N) is 5. The summed E-state index contributed by atoms with van der Waals surface area (Å²) in [5.74, 6) is 1.12. The van der Waals surface area contributed by atoms with E-state index in [0.29, 0.717) is 11.6 Å². The van der Waals surface area contributed by atoms with Crippen molar-refractivity contribution in [1.82, 2.24) is 24.6 Å². The molecule has 7 nitrogen and oxygen atoms in total. The highest BCUT2D eigenvalue weighted by atomic mass is 32.1. The number of aromatic nitrogens is 4. The lowest BCUT2D eigenvalue weighted by Crippen LogP contribution is -2.44. The summed E-state index contributed by atoms with van der Waals surface area (Å²) >= 11 is 1.46. The Morgan fingerprint density at radius 2 is 2.17 bits per heavy atom. The minimum atomic E-state index is -0.135. The Morgan fingerprint density at radius 1 is 1.39 bits per heavy atom. The third-order valence-electron chi connectivity index (χ3n) is 3.86. The minimum Gasteiger partial charge on any atom is -0.348 e. The molecule has 3 heterocycles. The first kappa shape index (κ1) is 15.8. The fourth-order valence-electron chi connectivity index (χ4n) is 2.49. The zero-order valence-corrected chi connectivity index (χ0v) is 14.1. The van der Waals surface area contributed by atoms with E-state index in [1.807, 2.05) is 0 Å². The summed E-state index contributed by atoms with van der Waals surface area (Å²) in [6.07, 6.45) is 4.76. The smallest absolute Gasteiger partial charge is 0.270 e. The zero-order chi connectivity index (χ0) is 16.2. The molecule has 1 amide bonds. The van der Waals surface area contributed by atoms with Gasteiger partial charge in [0.25, 0.3) is 5.91 Å². The minimum absolute atomic E-state index is 0.135. The van der Waals surface area contributed by atoms with Crippen LogP contribution in [-0.2, 0) is 0 Å². The number of carbonyl (C=O) groups is 1. The molecule has 0 bridgehead atoms. The van der Waals surface area contributed by atoms with Gasteiger partial charge < -0.3 is 10.2 Å². The molecule has 1 N–H and O–H groups in total. The molecule has 1 saturated heterocycles. The number of piperidine rings is 1. The summed E-state index contributed by atoms with van der Waals surface area (Å²) in [7, 11) is 0. The van der Waals surface area contributed by atoms with Crippen LogP contribution in [0.25, 0.3) is 0 Å². The van der Waals surface area contributed by atoms with Gasteiger partial charge in [-0.25, -0.2) is 15.0 Å². The number of carbonyl (C=O) groups excluding carboxylic acids is 1. The van der Waals surface area contributed by atoms with Crippen LogP contribution in [0.4, 0.5) is 5.13 Å². The van der Waals surface area contributed by atoms with Crippen LogP contribution >= 0.6 is 11.5 Å². The molecule has 0 unspecified atom stereocenters. The monoisotopic (exact) mass is 332 g/mol. The Labute approximate surface area is 139 Å². The molecule has 0 aromatic carbocycles. The Morgan fingerprint density at radius 3 is 2.78 bits per heavy atom. The molecular formula is C15H20N6OS. The maximum Gasteiger partial charge on any atom is 0.270 e.